The summed E-state index contributed by atoms with van der Waals surface area (Å²) in [6, 6.07) is 16.0. The summed E-state index contributed by atoms with van der Waals surface area (Å²) in [6.07, 6.45) is 0. The Balaban J connectivity index is 1.81. The number of carbonyl (C=O) groups is 1. The topological polar surface area (TPSA) is 80.9 Å². The number of anilines is 1. The second kappa shape index (κ2) is 9.10. The summed E-state index contributed by atoms with van der Waals surface area (Å²) < 4.78 is 16.6. The molecule has 0 fully saturated rings. The fourth-order valence-corrected chi connectivity index (χ4v) is 2.77. The average Bonchev–Trinajstić information content (AvgIpc) is 3.18. The molecule has 0 saturated carbocycles. The Hall–Kier alpha value is -3.25. The molecule has 0 unspecified atom stereocenters. The number of carbonyl (C=O) groups excluding carboxylic acids is 1. The van der Waals surface area contributed by atoms with Gasteiger partial charge in [-0.3, -0.25) is 4.79 Å². The molecule has 1 aromatic heterocycles. The Bertz CT molecular complexity index is 923. The Kier molecular flexibility index (Phi) is 6.34. The van der Waals surface area contributed by atoms with E-state index >= 15 is 0 Å². The number of aliphatic hydroxyl groups is 1. The highest BCUT2D eigenvalue weighted by atomic mass is 16.5. The molecular formula is C22H23NO5. The third-order valence-electron chi connectivity index (χ3n) is 3.99. The number of hydrogen-bond donors (Lipinski definition) is 2. The first-order valence-electron chi connectivity index (χ1n) is 9.15. The lowest BCUT2D eigenvalue weighted by Gasteiger charge is -2.11. The van der Waals surface area contributed by atoms with E-state index in [1.165, 1.54) is 0 Å². The second-order valence-corrected chi connectivity index (χ2v) is 6.02. The first-order valence-corrected chi connectivity index (χ1v) is 9.15. The predicted octanol–water partition coefficient (Wildman–Crippen LogP) is 4.49. The lowest BCUT2D eigenvalue weighted by Crippen LogP contribution is -2.12. The van der Waals surface area contributed by atoms with Crippen molar-refractivity contribution in [3.05, 3.63) is 65.9 Å². The number of benzene rings is 2. The molecule has 2 aromatic carbocycles. The molecule has 0 saturated heterocycles. The minimum Gasteiger partial charge on any atom is -0.494 e. The number of nitrogens with one attached hydrogen (secondary N) is 1. The Morgan fingerprint density at radius 1 is 1.00 bits per heavy atom. The van der Waals surface area contributed by atoms with Crippen LogP contribution in [-0.2, 0) is 6.61 Å². The molecule has 0 bridgehead atoms. The number of amides is 1. The van der Waals surface area contributed by atoms with E-state index in [0.717, 1.165) is 5.56 Å². The van der Waals surface area contributed by atoms with Crippen molar-refractivity contribution in [2.75, 3.05) is 18.5 Å². The molecule has 1 heterocycles. The van der Waals surface area contributed by atoms with Crippen LogP contribution in [-0.4, -0.2) is 24.2 Å². The van der Waals surface area contributed by atoms with Gasteiger partial charge in [0, 0.05) is 22.9 Å². The van der Waals surface area contributed by atoms with Crippen molar-refractivity contribution < 1.29 is 23.8 Å². The average molecular weight is 381 g/mol. The molecule has 28 heavy (non-hydrogen) atoms. The number of hydrogen-bond acceptors (Lipinski definition) is 5. The van der Waals surface area contributed by atoms with Gasteiger partial charge < -0.3 is 24.3 Å². The minimum absolute atomic E-state index is 0.158. The van der Waals surface area contributed by atoms with Crippen LogP contribution in [0.4, 0.5) is 5.69 Å². The summed E-state index contributed by atoms with van der Waals surface area (Å²) in [4.78, 5) is 12.7. The Morgan fingerprint density at radius 3 is 2.32 bits per heavy atom. The zero-order valence-corrected chi connectivity index (χ0v) is 15.9. The second-order valence-electron chi connectivity index (χ2n) is 6.02. The molecule has 3 aromatic rings. The van der Waals surface area contributed by atoms with Gasteiger partial charge in [-0.15, -0.1) is 0 Å². The van der Waals surface area contributed by atoms with Gasteiger partial charge >= 0.3 is 0 Å². The fourth-order valence-electron chi connectivity index (χ4n) is 2.77. The third-order valence-corrected chi connectivity index (χ3v) is 3.99. The number of rotatable bonds is 8. The van der Waals surface area contributed by atoms with E-state index in [0.29, 0.717) is 47.5 Å². The summed E-state index contributed by atoms with van der Waals surface area (Å²) in [6.45, 7) is 4.61. The molecule has 3 rings (SSSR count). The van der Waals surface area contributed by atoms with E-state index < -0.39 is 0 Å². The van der Waals surface area contributed by atoms with Gasteiger partial charge in [0.1, 0.15) is 29.6 Å². The van der Waals surface area contributed by atoms with Crippen LogP contribution in [0.1, 0.15) is 30.0 Å². The summed E-state index contributed by atoms with van der Waals surface area (Å²) >= 11 is 0. The van der Waals surface area contributed by atoms with Crippen molar-refractivity contribution >= 4 is 11.6 Å². The van der Waals surface area contributed by atoms with Crippen molar-refractivity contribution in [3.63, 3.8) is 0 Å². The smallest absolute Gasteiger partial charge is 0.255 e. The van der Waals surface area contributed by atoms with Gasteiger partial charge in [-0.25, -0.2) is 0 Å². The van der Waals surface area contributed by atoms with E-state index in [1.54, 1.807) is 36.4 Å². The minimum atomic E-state index is -0.268. The molecule has 0 aliphatic carbocycles. The molecule has 6 nitrogen and oxygen atoms in total. The van der Waals surface area contributed by atoms with Crippen LogP contribution < -0.4 is 14.8 Å². The summed E-state index contributed by atoms with van der Waals surface area (Å²) in [7, 11) is 0. The van der Waals surface area contributed by atoms with Crippen LogP contribution in [0.5, 0.6) is 11.5 Å². The van der Waals surface area contributed by atoms with E-state index in [2.05, 4.69) is 5.32 Å². The number of ether oxygens (including phenoxy) is 2. The first-order chi connectivity index (χ1) is 13.6. The van der Waals surface area contributed by atoms with Gasteiger partial charge in [-0.1, -0.05) is 12.1 Å². The van der Waals surface area contributed by atoms with Gasteiger partial charge in [-0.05, 0) is 50.2 Å². The van der Waals surface area contributed by atoms with Crippen molar-refractivity contribution in [2.45, 2.75) is 20.5 Å². The molecule has 6 heteroatoms. The van der Waals surface area contributed by atoms with E-state index in [1.807, 2.05) is 32.0 Å². The quantitative estimate of drug-likeness (QED) is 0.601. The van der Waals surface area contributed by atoms with E-state index in [-0.39, 0.29) is 12.5 Å². The molecule has 0 radical (unpaired) electrons. The highest BCUT2D eigenvalue weighted by molar-refractivity contribution is 6.05. The van der Waals surface area contributed by atoms with Crippen molar-refractivity contribution in [2.24, 2.45) is 0 Å². The van der Waals surface area contributed by atoms with Crippen LogP contribution in [0.25, 0.3) is 11.3 Å². The molecule has 2 N–H and O–H groups in total. The molecule has 0 spiro atoms. The number of aliphatic hydroxyl groups excluding tert-OH is 1. The SMILES string of the molecule is CCOc1cc(OCC)cc(C(=O)Nc2cccc(-c3ccc(CO)o3)c2)c1. The van der Waals surface area contributed by atoms with E-state index in [9.17, 15) is 4.79 Å². The third kappa shape index (κ3) is 4.72. The van der Waals surface area contributed by atoms with Crippen LogP contribution in [0.15, 0.2) is 59.0 Å². The van der Waals surface area contributed by atoms with Crippen LogP contribution in [0, 0.1) is 0 Å². The highest BCUT2D eigenvalue weighted by Gasteiger charge is 2.12. The van der Waals surface area contributed by atoms with Gasteiger partial charge in [-0.2, -0.15) is 0 Å². The maximum atomic E-state index is 12.7. The molecule has 0 atom stereocenters. The summed E-state index contributed by atoms with van der Waals surface area (Å²) in [5.41, 5.74) is 1.88. The largest absolute Gasteiger partial charge is 0.494 e. The normalized spacial score (nSPS) is 10.5. The van der Waals surface area contributed by atoms with Gasteiger partial charge in [0.2, 0.25) is 0 Å². The standard InChI is InChI=1S/C22H23NO5/c1-3-26-19-11-16(12-20(13-19)27-4-2)22(25)23-17-7-5-6-15(10-17)21-9-8-18(14-24)28-21/h5-13,24H,3-4,14H2,1-2H3,(H,23,25). The molecule has 0 aliphatic rings. The lowest BCUT2D eigenvalue weighted by atomic mass is 10.1. The fraction of sp³-hybridized carbons (Fsp3) is 0.227. The first kappa shape index (κ1) is 19.5. The zero-order chi connectivity index (χ0) is 19.9. The summed E-state index contributed by atoms with van der Waals surface area (Å²) in [5.74, 6) is 2.01. The zero-order valence-electron chi connectivity index (χ0n) is 15.9. The van der Waals surface area contributed by atoms with Crippen molar-refractivity contribution in [1.29, 1.82) is 0 Å². The highest BCUT2D eigenvalue weighted by Crippen LogP contribution is 2.27. The van der Waals surface area contributed by atoms with Crippen molar-refractivity contribution in [3.8, 4) is 22.8 Å². The Labute approximate surface area is 163 Å². The van der Waals surface area contributed by atoms with Gasteiger partial charge in [0.05, 0.1) is 13.2 Å². The summed E-state index contributed by atoms with van der Waals surface area (Å²) in [5, 5.41) is 12.0. The lowest BCUT2D eigenvalue weighted by molar-refractivity contribution is 0.102. The molecule has 1 amide bonds. The Morgan fingerprint density at radius 2 is 1.71 bits per heavy atom. The van der Waals surface area contributed by atoms with Gasteiger partial charge in [0.15, 0.2) is 0 Å². The maximum absolute atomic E-state index is 12.7. The predicted molar refractivity (Wildman–Crippen MR) is 107 cm³/mol. The van der Waals surface area contributed by atoms with Crippen LogP contribution in [0.3, 0.4) is 0 Å². The molecular weight excluding hydrogens is 358 g/mol. The molecule has 0 aliphatic heterocycles. The van der Waals surface area contributed by atoms with Crippen molar-refractivity contribution in [1.82, 2.24) is 0 Å². The maximum Gasteiger partial charge on any atom is 0.255 e. The number of furan rings is 1. The van der Waals surface area contributed by atoms with Crippen LogP contribution >= 0.6 is 0 Å². The van der Waals surface area contributed by atoms with E-state index in [4.69, 9.17) is 19.0 Å². The van der Waals surface area contributed by atoms with Gasteiger partial charge in [0.25, 0.3) is 5.91 Å². The van der Waals surface area contributed by atoms with Crippen LogP contribution in [0.2, 0.25) is 0 Å². The monoisotopic (exact) mass is 381 g/mol. The molecule has 146 valence electrons.